The van der Waals surface area contributed by atoms with Gasteiger partial charge in [0.1, 0.15) is 23.9 Å². The Morgan fingerprint density at radius 2 is 1.81 bits per heavy atom. The van der Waals surface area contributed by atoms with Gasteiger partial charge in [-0.1, -0.05) is 39.0 Å². The van der Waals surface area contributed by atoms with E-state index < -0.39 is 42.1 Å². The van der Waals surface area contributed by atoms with Gasteiger partial charge in [0.25, 0.3) is 5.91 Å². The summed E-state index contributed by atoms with van der Waals surface area (Å²) < 4.78 is 11.0. The van der Waals surface area contributed by atoms with E-state index in [2.05, 4.69) is 31.4 Å². The van der Waals surface area contributed by atoms with Crippen LogP contribution >= 0.6 is 0 Å². The number of aliphatic hydroxyl groups is 2. The van der Waals surface area contributed by atoms with Crippen molar-refractivity contribution in [2.24, 2.45) is 29.1 Å². The number of nitrogens with one attached hydrogen (secondary N) is 2. The number of nitrogens with zero attached hydrogens (tertiary/aromatic N) is 3. The monoisotopic (exact) mass is 737 g/mol. The molecule has 9 atom stereocenters. The van der Waals surface area contributed by atoms with Gasteiger partial charge in [-0.15, -0.1) is 0 Å². The van der Waals surface area contributed by atoms with Crippen molar-refractivity contribution in [2.45, 2.75) is 77.4 Å². The summed E-state index contributed by atoms with van der Waals surface area (Å²) >= 11 is 0. The number of carbonyl (C=O) groups is 3. The van der Waals surface area contributed by atoms with Gasteiger partial charge in [-0.05, 0) is 80.8 Å². The molecule has 4 fully saturated rings. The van der Waals surface area contributed by atoms with Crippen LogP contribution < -0.4 is 20.3 Å². The third-order valence-corrected chi connectivity index (χ3v) is 12.0. The molecular formula is C40H59N5O8. The summed E-state index contributed by atoms with van der Waals surface area (Å²) in [6, 6.07) is 9.38. The van der Waals surface area contributed by atoms with E-state index in [1.54, 1.807) is 36.1 Å². The van der Waals surface area contributed by atoms with Crippen molar-refractivity contribution in [1.82, 2.24) is 20.6 Å². The normalized spacial score (nSPS) is 27.4. The number of fused-ring (bicyclic) bond motifs is 2. The number of likely N-dealkylation sites (N-methyl/N-ethyl adjacent to an activating group) is 1. The van der Waals surface area contributed by atoms with Gasteiger partial charge < -0.3 is 40.1 Å². The zero-order valence-electron chi connectivity index (χ0n) is 32.9. The first-order valence-corrected chi connectivity index (χ1v) is 18.6. The van der Waals surface area contributed by atoms with Gasteiger partial charge in [0.05, 0.1) is 33.5 Å². The molecule has 4 N–H and O–H groups in total. The lowest BCUT2D eigenvalue weighted by atomic mass is 9.45. The molecular weight excluding hydrogens is 678 g/mol. The SMILES string of the molecule is COC(=O)C(CN(C)C)NC(=O)c1cc(-c2cccc(CN3O[C@@H](CO)[C@@H]([C@H](C)O)[C@H]3C(=O)N[C@H]3C[C@H]4C[C@H]([C@@H]3C)C4(C)C)c2OC)cc(N(C)C)c1. The standard InChI is InChI=1S/C40H59N5O8/c1-22-30-17-27(40(30,3)4)18-31(22)41-38(49)35-34(23(2)47)33(21-46)53-45(35)19-24-12-11-13-29(36(24)51-9)25-14-26(16-28(15-25)44(7)8)37(48)42-32(20-43(5)6)39(50)52-10/h11-16,22-23,27,30-35,46-47H,17-21H2,1-10H3,(H,41,49)(H,42,48)/t22-,23-,27+,30+,31-,32?,33-,34+,35-/m0/s1. The molecule has 3 aliphatic carbocycles. The van der Waals surface area contributed by atoms with Gasteiger partial charge in [-0.2, -0.15) is 5.06 Å². The number of para-hydroxylation sites is 1. The molecule has 2 bridgehead atoms. The lowest BCUT2D eigenvalue weighted by Crippen LogP contribution is -2.62. The van der Waals surface area contributed by atoms with Crippen molar-refractivity contribution in [1.29, 1.82) is 0 Å². The molecule has 13 nitrogen and oxygen atoms in total. The molecule has 0 spiro atoms. The molecule has 1 aliphatic heterocycles. The Morgan fingerprint density at radius 1 is 1.09 bits per heavy atom. The number of amides is 2. The van der Waals surface area contributed by atoms with Crippen LogP contribution in [0.25, 0.3) is 11.1 Å². The second-order valence-electron chi connectivity index (χ2n) is 16.2. The van der Waals surface area contributed by atoms with E-state index in [-0.39, 0.29) is 37.1 Å². The van der Waals surface area contributed by atoms with Gasteiger partial charge >= 0.3 is 5.97 Å². The Labute approximate surface area is 313 Å². The maximum atomic E-state index is 14.2. The number of hydrogen-bond acceptors (Lipinski definition) is 11. The van der Waals surface area contributed by atoms with Crippen LogP contribution in [0, 0.1) is 29.1 Å². The first-order chi connectivity index (χ1) is 25.0. The van der Waals surface area contributed by atoms with Crippen LogP contribution in [-0.2, 0) is 25.7 Å². The number of rotatable bonds is 14. The molecule has 2 amide bonds. The Morgan fingerprint density at radius 3 is 2.38 bits per heavy atom. The van der Waals surface area contributed by atoms with E-state index in [1.165, 1.54) is 13.5 Å². The number of hydrogen-bond donors (Lipinski definition) is 4. The summed E-state index contributed by atoms with van der Waals surface area (Å²) in [6.07, 6.45) is 0.391. The average molecular weight is 738 g/mol. The maximum Gasteiger partial charge on any atom is 0.329 e. The van der Waals surface area contributed by atoms with Crippen LogP contribution in [0.3, 0.4) is 0 Å². The van der Waals surface area contributed by atoms with Gasteiger partial charge in [0.2, 0.25) is 5.91 Å². The average Bonchev–Trinajstić information content (AvgIpc) is 3.49. The molecule has 1 saturated heterocycles. The molecule has 1 unspecified atom stereocenters. The van der Waals surface area contributed by atoms with Gasteiger partial charge in [0.15, 0.2) is 0 Å². The molecule has 6 rings (SSSR count). The summed E-state index contributed by atoms with van der Waals surface area (Å²) in [6.45, 7) is 8.51. The first-order valence-electron chi connectivity index (χ1n) is 18.6. The van der Waals surface area contributed by atoms with E-state index in [4.69, 9.17) is 14.3 Å². The van der Waals surface area contributed by atoms with Crippen molar-refractivity contribution in [2.75, 3.05) is 60.5 Å². The second kappa shape index (κ2) is 16.3. The molecule has 4 aliphatic rings. The molecule has 53 heavy (non-hydrogen) atoms. The highest BCUT2D eigenvalue weighted by atomic mass is 16.7. The second-order valence-corrected chi connectivity index (χ2v) is 16.2. The van der Waals surface area contributed by atoms with Crippen LogP contribution in [0.2, 0.25) is 0 Å². The lowest BCUT2D eigenvalue weighted by Gasteiger charge is -2.62. The van der Waals surface area contributed by atoms with Gasteiger partial charge in [-0.3, -0.25) is 14.4 Å². The fourth-order valence-corrected chi connectivity index (χ4v) is 8.91. The minimum atomic E-state index is -0.924. The zero-order valence-corrected chi connectivity index (χ0v) is 32.9. The molecule has 1 heterocycles. The number of benzene rings is 2. The van der Waals surface area contributed by atoms with Crippen LogP contribution in [0.1, 0.15) is 56.5 Å². The summed E-state index contributed by atoms with van der Waals surface area (Å²) in [5, 5.41) is 29.0. The van der Waals surface area contributed by atoms with Crippen molar-refractivity contribution in [3.8, 4) is 16.9 Å². The largest absolute Gasteiger partial charge is 0.496 e. The van der Waals surface area contributed by atoms with E-state index in [9.17, 15) is 24.6 Å². The van der Waals surface area contributed by atoms with Crippen LogP contribution in [-0.4, -0.2) is 124 Å². The van der Waals surface area contributed by atoms with Crippen molar-refractivity contribution in [3.63, 3.8) is 0 Å². The summed E-state index contributed by atoms with van der Waals surface area (Å²) in [7, 11) is 10.2. The highest BCUT2D eigenvalue weighted by Crippen LogP contribution is 2.61. The van der Waals surface area contributed by atoms with E-state index in [1.807, 2.05) is 57.4 Å². The van der Waals surface area contributed by atoms with Gasteiger partial charge in [-0.25, -0.2) is 4.79 Å². The summed E-state index contributed by atoms with van der Waals surface area (Å²) in [5.41, 5.74) is 3.46. The highest BCUT2D eigenvalue weighted by molar-refractivity contribution is 5.99. The van der Waals surface area contributed by atoms with E-state index in [0.29, 0.717) is 45.8 Å². The van der Waals surface area contributed by atoms with Crippen LogP contribution in [0.5, 0.6) is 5.75 Å². The van der Waals surface area contributed by atoms with Gasteiger partial charge in [0, 0.05) is 55.0 Å². The maximum absolute atomic E-state index is 14.2. The zero-order chi connectivity index (χ0) is 38.9. The number of hydroxylamine groups is 2. The molecule has 0 aromatic heterocycles. The van der Waals surface area contributed by atoms with Crippen LogP contribution in [0.15, 0.2) is 36.4 Å². The number of carbonyl (C=O) groups excluding carboxylic acids is 3. The molecule has 3 saturated carbocycles. The third kappa shape index (κ3) is 8.19. The number of aliphatic hydroxyl groups excluding tert-OH is 2. The highest BCUT2D eigenvalue weighted by Gasteiger charge is 2.57. The Balaban J connectivity index is 1.46. The predicted molar refractivity (Wildman–Crippen MR) is 202 cm³/mol. The van der Waals surface area contributed by atoms with Crippen LogP contribution in [0.4, 0.5) is 5.69 Å². The predicted octanol–water partition coefficient (Wildman–Crippen LogP) is 2.92. The lowest BCUT2D eigenvalue weighted by molar-refractivity contribution is -0.183. The van der Waals surface area contributed by atoms with E-state index >= 15 is 0 Å². The fourth-order valence-electron chi connectivity index (χ4n) is 8.91. The third-order valence-electron chi connectivity index (χ3n) is 12.0. The summed E-state index contributed by atoms with van der Waals surface area (Å²) in [5.74, 6) is 0.0450. The molecule has 2 aromatic carbocycles. The molecule has 2 aromatic rings. The summed E-state index contributed by atoms with van der Waals surface area (Å²) in [4.78, 5) is 50.3. The smallest absolute Gasteiger partial charge is 0.329 e. The minimum Gasteiger partial charge on any atom is -0.496 e. The minimum absolute atomic E-state index is 0.0166. The van der Waals surface area contributed by atoms with Crippen molar-refractivity contribution >= 4 is 23.5 Å². The first kappa shape index (κ1) is 40.4. The topological polar surface area (TPSA) is 153 Å². The van der Waals surface area contributed by atoms with E-state index in [0.717, 1.165) is 12.1 Å². The number of esters is 1. The Kier molecular flexibility index (Phi) is 12.4. The Bertz CT molecular complexity index is 1650. The Hall–Kier alpha value is -3.75. The molecule has 0 radical (unpaired) electrons. The molecule has 13 heteroatoms. The van der Waals surface area contributed by atoms with Crippen molar-refractivity contribution in [3.05, 3.63) is 47.5 Å². The fraction of sp³-hybridized carbons (Fsp3) is 0.625. The quantitative estimate of drug-likeness (QED) is 0.212. The number of methoxy groups -OCH3 is 2. The number of ether oxygens (including phenoxy) is 2. The molecule has 292 valence electrons. The van der Waals surface area contributed by atoms with Crippen molar-refractivity contribution < 1.29 is 38.9 Å². The number of anilines is 1.